The highest BCUT2D eigenvalue weighted by atomic mass is 32.2. The van der Waals surface area contributed by atoms with E-state index in [1.54, 1.807) is 0 Å². The van der Waals surface area contributed by atoms with Crippen molar-refractivity contribution >= 4 is 30.0 Å². The van der Waals surface area contributed by atoms with Crippen molar-refractivity contribution < 1.29 is 24.6 Å². The molecule has 0 saturated heterocycles. The lowest BCUT2D eigenvalue weighted by Crippen LogP contribution is -2.53. The van der Waals surface area contributed by atoms with Crippen LogP contribution in [0.2, 0.25) is 0 Å². The standard InChI is InChI=1S/C10H18N2O5S/c1-6(14)8(10(16)17)12-9(15)7(11-5-13)3-4-18-2/h5-8,14H,3-4H2,1-2H3,(H,11,13)(H,12,15)(H,16,17)/t6-,7+,8+/m1/s1. The third-order valence-electron chi connectivity index (χ3n) is 2.24. The molecule has 0 unspecified atom stereocenters. The van der Waals surface area contributed by atoms with Crippen LogP contribution >= 0.6 is 11.8 Å². The van der Waals surface area contributed by atoms with Crippen molar-refractivity contribution in [3.63, 3.8) is 0 Å². The summed E-state index contributed by atoms with van der Waals surface area (Å²) in [6, 6.07) is -2.18. The Morgan fingerprint density at radius 3 is 2.44 bits per heavy atom. The molecule has 3 atom stereocenters. The van der Waals surface area contributed by atoms with Crippen molar-refractivity contribution in [1.29, 1.82) is 0 Å². The van der Waals surface area contributed by atoms with Gasteiger partial charge in [0, 0.05) is 0 Å². The second-order valence-corrected chi connectivity index (χ2v) is 4.67. The minimum Gasteiger partial charge on any atom is -0.480 e. The van der Waals surface area contributed by atoms with Gasteiger partial charge >= 0.3 is 5.97 Å². The van der Waals surface area contributed by atoms with Gasteiger partial charge in [0.25, 0.3) is 0 Å². The lowest BCUT2D eigenvalue weighted by Gasteiger charge is -2.21. The van der Waals surface area contributed by atoms with Crippen LogP contribution < -0.4 is 10.6 Å². The monoisotopic (exact) mass is 278 g/mol. The molecule has 0 aliphatic rings. The number of rotatable bonds is 9. The zero-order valence-corrected chi connectivity index (χ0v) is 11.1. The van der Waals surface area contributed by atoms with Gasteiger partial charge in [-0.1, -0.05) is 0 Å². The molecular formula is C10H18N2O5S. The largest absolute Gasteiger partial charge is 0.480 e. The first-order valence-corrected chi connectivity index (χ1v) is 6.73. The summed E-state index contributed by atoms with van der Waals surface area (Å²) < 4.78 is 0. The Labute approximate surface area is 109 Å². The van der Waals surface area contributed by atoms with Gasteiger partial charge in [0.05, 0.1) is 6.10 Å². The molecule has 0 radical (unpaired) electrons. The van der Waals surface area contributed by atoms with Crippen molar-refractivity contribution in [2.75, 3.05) is 12.0 Å². The van der Waals surface area contributed by atoms with E-state index in [0.717, 1.165) is 0 Å². The van der Waals surface area contributed by atoms with E-state index in [2.05, 4.69) is 10.6 Å². The third-order valence-corrected chi connectivity index (χ3v) is 2.89. The van der Waals surface area contributed by atoms with Crippen LogP contribution in [0.4, 0.5) is 0 Å². The zero-order chi connectivity index (χ0) is 14.1. The number of carbonyl (C=O) groups excluding carboxylic acids is 2. The summed E-state index contributed by atoms with van der Waals surface area (Å²) in [7, 11) is 0. The van der Waals surface area contributed by atoms with Crippen LogP contribution in [0.3, 0.4) is 0 Å². The highest BCUT2D eigenvalue weighted by Crippen LogP contribution is 2.02. The molecule has 0 aliphatic carbocycles. The maximum absolute atomic E-state index is 11.7. The number of thioether (sulfide) groups is 1. The van der Waals surface area contributed by atoms with Gasteiger partial charge < -0.3 is 20.8 Å². The number of hydrogen-bond acceptors (Lipinski definition) is 5. The van der Waals surface area contributed by atoms with Crippen molar-refractivity contribution in [3.05, 3.63) is 0 Å². The van der Waals surface area contributed by atoms with Crippen LogP contribution in [-0.4, -0.2) is 58.7 Å². The van der Waals surface area contributed by atoms with Crippen LogP contribution in [0.25, 0.3) is 0 Å². The van der Waals surface area contributed by atoms with E-state index in [1.165, 1.54) is 18.7 Å². The highest BCUT2D eigenvalue weighted by molar-refractivity contribution is 7.98. The molecule has 2 amide bonds. The van der Waals surface area contributed by atoms with Crippen molar-refractivity contribution in [3.8, 4) is 0 Å². The molecule has 0 fully saturated rings. The van der Waals surface area contributed by atoms with Gasteiger partial charge in [-0.25, -0.2) is 4.79 Å². The number of nitrogens with one attached hydrogen (secondary N) is 2. The smallest absolute Gasteiger partial charge is 0.328 e. The average molecular weight is 278 g/mol. The van der Waals surface area contributed by atoms with E-state index in [9.17, 15) is 19.5 Å². The van der Waals surface area contributed by atoms with E-state index >= 15 is 0 Å². The molecular weight excluding hydrogens is 260 g/mol. The first kappa shape index (κ1) is 16.7. The first-order chi connectivity index (χ1) is 8.43. The Bertz CT molecular complexity index is 298. The number of aliphatic hydroxyl groups is 1. The minimum atomic E-state index is -1.39. The van der Waals surface area contributed by atoms with Gasteiger partial charge in [0.2, 0.25) is 12.3 Å². The zero-order valence-electron chi connectivity index (χ0n) is 10.3. The second kappa shape index (κ2) is 8.76. The molecule has 104 valence electrons. The van der Waals surface area contributed by atoms with Crippen LogP contribution in [0.15, 0.2) is 0 Å². The van der Waals surface area contributed by atoms with E-state index in [1.807, 2.05) is 6.26 Å². The molecule has 0 spiro atoms. The fourth-order valence-corrected chi connectivity index (χ4v) is 1.72. The summed E-state index contributed by atoms with van der Waals surface area (Å²) >= 11 is 1.50. The number of amides is 2. The fourth-order valence-electron chi connectivity index (χ4n) is 1.25. The summed E-state index contributed by atoms with van der Waals surface area (Å²) in [5, 5.41) is 22.6. The molecule has 0 heterocycles. The Hall–Kier alpha value is -1.28. The number of carbonyl (C=O) groups is 3. The van der Waals surface area contributed by atoms with Gasteiger partial charge in [-0.15, -0.1) is 0 Å². The highest BCUT2D eigenvalue weighted by Gasteiger charge is 2.28. The summed E-state index contributed by atoms with van der Waals surface area (Å²) in [5.74, 6) is -1.30. The molecule has 0 aromatic heterocycles. The first-order valence-electron chi connectivity index (χ1n) is 5.33. The molecule has 0 rings (SSSR count). The lowest BCUT2D eigenvalue weighted by molar-refractivity contribution is -0.145. The van der Waals surface area contributed by atoms with Crippen LogP contribution in [0, 0.1) is 0 Å². The van der Waals surface area contributed by atoms with E-state index in [4.69, 9.17) is 5.11 Å². The summed E-state index contributed by atoms with van der Waals surface area (Å²) in [6.07, 6.45) is 1.41. The number of hydrogen-bond donors (Lipinski definition) is 4. The van der Waals surface area contributed by atoms with Crippen LogP contribution in [0.1, 0.15) is 13.3 Å². The minimum absolute atomic E-state index is 0.387. The number of carboxylic acid groups (broad SMARTS) is 1. The Balaban J connectivity index is 4.55. The van der Waals surface area contributed by atoms with Crippen molar-refractivity contribution in [2.45, 2.75) is 31.5 Å². The average Bonchev–Trinajstić information content (AvgIpc) is 2.30. The molecule has 7 nitrogen and oxygen atoms in total. The van der Waals surface area contributed by atoms with Gasteiger partial charge in [0.15, 0.2) is 6.04 Å². The molecule has 0 bridgehead atoms. The molecule has 18 heavy (non-hydrogen) atoms. The third kappa shape index (κ3) is 5.87. The van der Waals surface area contributed by atoms with Crippen LogP contribution in [-0.2, 0) is 14.4 Å². The number of carboxylic acids is 1. The lowest BCUT2D eigenvalue weighted by atomic mass is 10.1. The Morgan fingerprint density at radius 2 is 2.06 bits per heavy atom. The predicted octanol–water partition coefficient (Wildman–Crippen LogP) is -1.20. The number of aliphatic hydroxyl groups excluding tert-OH is 1. The molecule has 0 aromatic carbocycles. The van der Waals surface area contributed by atoms with Gasteiger partial charge in [-0.2, -0.15) is 11.8 Å². The topological polar surface area (TPSA) is 116 Å². The van der Waals surface area contributed by atoms with Crippen molar-refractivity contribution in [2.24, 2.45) is 0 Å². The maximum atomic E-state index is 11.7. The molecule has 8 heteroatoms. The van der Waals surface area contributed by atoms with Crippen molar-refractivity contribution in [1.82, 2.24) is 10.6 Å². The fraction of sp³-hybridized carbons (Fsp3) is 0.700. The quantitative estimate of drug-likeness (QED) is 0.394. The van der Waals surface area contributed by atoms with Gasteiger partial charge in [-0.05, 0) is 25.4 Å². The van der Waals surface area contributed by atoms with E-state index < -0.39 is 30.1 Å². The molecule has 4 N–H and O–H groups in total. The van der Waals surface area contributed by atoms with Gasteiger partial charge in [-0.3, -0.25) is 9.59 Å². The normalized spacial score (nSPS) is 15.3. The second-order valence-electron chi connectivity index (χ2n) is 3.68. The molecule has 0 saturated carbocycles. The summed E-state index contributed by atoms with van der Waals surface area (Å²) in [4.78, 5) is 32.9. The van der Waals surface area contributed by atoms with Crippen LogP contribution in [0.5, 0.6) is 0 Å². The predicted molar refractivity (Wildman–Crippen MR) is 67.2 cm³/mol. The maximum Gasteiger partial charge on any atom is 0.328 e. The summed E-state index contributed by atoms with van der Waals surface area (Å²) in [5.41, 5.74) is 0. The molecule has 0 aromatic rings. The SMILES string of the molecule is CSCC[C@H](NC=O)C(=O)N[C@H](C(=O)O)[C@@H](C)O. The summed E-state index contributed by atoms with van der Waals surface area (Å²) in [6.45, 7) is 1.27. The number of aliphatic carboxylic acids is 1. The van der Waals surface area contributed by atoms with Gasteiger partial charge in [0.1, 0.15) is 6.04 Å². The van der Waals surface area contributed by atoms with E-state index in [0.29, 0.717) is 18.6 Å². The molecule has 0 aliphatic heterocycles. The van der Waals surface area contributed by atoms with E-state index in [-0.39, 0.29) is 0 Å². The Kier molecular flexibility index (Phi) is 8.14. The Morgan fingerprint density at radius 1 is 1.44 bits per heavy atom.